The topological polar surface area (TPSA) is 107 Å². The van der Waals surface area contributed by atoms with Crippen molar-refractivity contribution >= 4 is 17.4 Å². The van der Waals surface area contributed by atoms with Gasteiger partial charge < -0.3 is 9.84 Å². The third-order valence-corrected chi connectivity index (χ3v) is 3.24. The predicted octanol–water partition coefficient (Wildman–Crippen LogP) is 2.46. The smallest absolute Gasteiger partial charge is 0.308 e. The minimum atomic E-state index is -1.21. The van der Waals surface area contributed by atoms with E-state index in [9.17, 15) is 19.7 Å². The molecular formula is C16H13NO6. The number of methoxy groups -OCH3 is 1. The van der Waals surface area contributed by atoms with Crippen LogP contribution in [-0.2, 0) is 11.2 Å². The molecular weight excluding hydrogens is 302 g/mol. The van der Waals surface area contributed by atoms with Crippen LogP contribution in [0, 0.1) is 10.1 Å². The summed E-state index contributed by atoms with van der Waals surface area (Å²) in [5.41, 5.74) is -0.377. The van der Waals surface area contributed by atoms with Gasteiger partial charge in [0.2, 0.25) is 0 Å². The lowest BCUT2D eigenvalue weighted by Gasteiger charge is -2.07. The first-order chi connectivity index (χ1) is 10.9. The Labute approximate surface area is 131 Å². The van der Waals surface area contributed by atoms with Crippen LogP contribution in [0.25, 0.3) is 0 Å². The molecule has 0 heterocycles. The van der Waals surface area contributed by atoms with Gasteiger partial charge in [-0.3, -0.25) is 19.7 Å². The predicted molar refractivity (Wildman–Crippen MR) is 80.9 cm³/mol. The molecule has 2 aromatic carbocycles. The molecule has 2 aromatic rings. The molecule has 0 aromatic heterocycles. The van der Waals surface area contributed by atoms with Crippen molar-refractivity contribution in [2.45, 2.75) is 6.42 Å². The summed E-state index contributed by atoms with van der Waals surface area (Å²) in [6.45, 7) is 0. The molecule has 0 unspecified atom stereocenters. The van der Waals surface area contributed by atoms with E-state index in [0.29, 0.717) is 5.75 Å². The number of nitro groups is 1. The molecule has 0 aliphatic rings. The van der Waals surface area contributed by atoms with Crippen molar-refractivity contribution < 1.29 is 24.4 Å². The van der Waals surface area contributed by atoms with Crippen LogP contribution in [0.4, 0.5) is 5.69 Å². The summed E-state index contributed by atoms with van der Waals surface area (Å²) in [6.07, 6.45) is -0.528. The average molecular weight is 315 g/mol. The third kappa shape index (κ3) is 3.52. The van der Waals surface area contributed by atoms with Gasteiger partial charge in [0.25, 0.3) is 5.69 Å². The molecule has 1 N–H and O–H groups in total. The summed E-state index contributed by atoms with van der Waals surface area (Å²) in [6, 6.07) is 10.2. The van der Waals surface area contributed by atoms with E-state index in [1.54, 1.807) is 12.1 Å². The van der Waals surface area contributed by atoms with Crippen LogP contribution < -0.4 is 4.74 Å². The number of nitro benzene ring substituents is 1. The average Bonchev–Trinajstić information content (AvgIpc) is 2.53. The standard InChI is InChI=1S/C16H13NO6/c1-23-12-7-5-10(6-8-12)16(20)13-4-2-3-11(9-14(18)19)15(13)17(21)22/h2-8H,9H2,1H3,(H,18,19). The zero-order valence-electron chi connectivity index (χ0n) is 12.2. The summed E-state index contributed by atoms with van der Waals surface area (Å²) < 4.78 is 4.99. The number of carbonyl (C=O) groups excluding carboxylic acids is 1. The highest BCUT2D eigenvalue weighted by molar-refractivity contribution is 6.11. The van der Waals surface area contributed by atoms with Gasteiger partial charge in [-0.1, -0.05) is 12.1 Å². The molecule has 7 heteroatoms. The largest absolute Gasteiger partial charge is 0.497 e. The van der Waals surface area contributed by atoms with Crippen LogP contribution in [0.1, 0.15) is 21.5 Å². The van der Waals surface area contributed by atoms with E-state index in [0.717, 1.165) is 0 Å². The minimum Gasteiger partial charge on any atom is -0.497 e. The molecule has 0 bridgehead atoms. The van der Waals surface area contributed by atoms with Gasteiger partial charge in [0.1, 0.15) is 11.3 Å². The summed E-state index contributed by atoms with van der Waals surface area (Å²) in [7, 11) is 1.48. The molecule has 0 radical (unpaired) electrons. The van der Waals surface area contributed by atoms with Gasteiger partial charge in [0, 0.05) is 11.1 Å². The van der Waals surface area contributed by atoms with Crippen LogP contribution in [0.15, 0.2) is 42.5 Å². The van der Waals surface area contributed by atoms with E-state index in [4.69, 9.17) is 9.84 Å². The van der Waals surface area contributed by atoms with Crippen LogP contribution in [-0.4, -0.2) is 28.9 Å². The lowest BCUT2D eigenvalue weighted by atomic mass is 9.97. The molecule has 23 heavy (non-hydrogen) atoms. The Morgan fingerprint density at radius 2 is 1.83 bits per heavy atom. The number of hydrogen-bond acceptors (Lipinski definition) is 5. The van der Waals surface area contributed by atoms with Crippen molar-refractivity contribution in [2.24, 2.45) is 0 Å². The van der Waals surface area contributed by atoms with E-state index in [-0.39, 0.29) is 16.7 Å². The minimum absolute atomic E-state index is 0.0122. The Kier molecular flexibility index (Phi) is 4.70. The second-order valence-corrected chi connectivity index (χ2v) is 4.70. The van der Waals surface area contributed by atoms with E-state index in [1.165, 1.54) is 37.4 Å². The fourth-order valence-electron chi connectivity index (χ4n) is 2.19. The van der Waals surface area contributed by atoms with E-state index >= 15 is 0 Å². The number of rotatable bonds is 6. The van der Waals surface area contributed by atoms with Gasteiger partial charge >= 0.3 is 5.97 Å². The monoisotopic (exact) mass is 315 g/mol. The highest BCUT2D eigenvalue weighted by atomic mass is 16.6. The molecule has 0 fully saturated rings. The molecule has 0 aliphatic heterocycles. The summed E-state index contributed by atoms with van der Waals surface area (Å²) >= 11 is 0. The number of carboxylic acids is 1. The van der Waals surface area contributed by atoms with Gasteiger partial charge in [-0.05, 0) is 30.3 Å². The van der Waals surface area contributed by atoms with Gasteiger partial charge in [-0.25, -0.2) is 0 Å². The molecule has 0 spiro atoms. The number of carboxylic acid groups (broad SMARTS) is 1. The van der Waals surface area contributed by atoms with Crippen molar-refractivity contribution in [2.75, 3.05) is 7.11 Å². The van der Waals surface area contributed by atoms with Crippen molar-refractivity contribution in [3.05, 3.63) is 69.3 Å². The van der Waals surface area contributed by atoms with Gasteiger partial charge in [0.15, 0.2) is 5.78 Å². The first kappa shape index (κ1) is 16.2. The first-order valence-corrected chi connectivity index (χ1v) is 6.61. The van der Waals surface area contributed by atoms with E-state index in [2.05, 4.69) is 0 Å². The number of hydrogen-bond donors (Lipinski definition) is 1. The van der Waals surface area contributed by atoms with Crippen molar-refractivity contribution in [3.63, 3.8) is 0 Å². The number of ketones is 1. The molecule has 0 amide bonds. The van der Waals surface area contributed by atoms with Crippen molar-refractivity contribution in [3.8, 4) is 5.75 Å². The molecule has 0 saturated heterocycles. The second kappa shape index (κ2) is 6.69. The Bertz CT molecular complexity index is 767. The summed E-state index contributed by atoms with van der Waals surface area (Å²) in [4.78, 5) is 33.9. The fraction of sp³-hybridized carbons (Fsp3) is 0.125. The Morgan fingerprint density at radius 1 is 1.17 bits per heavy atom. The maximum absolute atomic E-state index is 12.5. The van der Waals surface area contributed by atoms with Crippen LogP contribution in [0.2, 0.25) is 0 Å². The molecule has 2 rings (SSSR count). The first-order valence-electron chi connectivity index (χ1n) is 6.61. The number of benzene rings is 2. The molecule has 118 valence electrons. The zero-order valence-corrected chi connectivity index (χ0v) is 12.2. The van der Waals surface area contributed by atoms with Gasteiger partial charge in [-0.15, -0.1) is 0 Å². The summed E-state index contributed by atoms with van der Waals surface area (Å²) in [5.74, 6) is -1.20. The second-order valence-electron chi connectivity index (χ2n) is 4.70. The highest BCUT2D eigenvalue weighted by Gasteiger charge is 2.26. The van der Waals surface area contributed by atoms with E-state index < -0.39 is 28.8 Å². The Hall–Kier alpha value is -3.22. The lowest BCUT2D eigenvalue weighted by Crippen LogP contribution is -2.10. The number of carbonyl (C=O) groups is 2. The molecule has 7 nitrogen and oxygen atoms in total. The maximum atomic E-state index is 12.5. The van der Waals surface area contributed by atoms with Gasteiger partial charge in [0.05, 0.1) is 18.5 Å². The number of para-hydroxylation sites is 1. The number of ether oxygens (including phenoxy) is 1. The molecule has 0 aliphatic carbocycles. The maximum Gasteiger partial charge on any atom is 0.308 e. The fourth-order valence-corrected chi connectivity index (χ4v) is 2.19. The number of aliphatic carboxylic acids is 1. The summed E-state index contributed by atoms with van der Waals surface area (Å²) in [5, 5.41) is 20.2. The molecule has 0 saturated carbocycles. The highest BCUT2D eigenvalue weighted by Crippen LogP contribution is 2.27. The van der Waals surface area contributed by atoms with Crippen LogP contribution in [0.5, 0.6) is 5.75 Å². The normalized spacial score (nSPS) is 10.1. The van der Waals surface area contributed by atoms with E-state index in [1.807, 2.05) is 0 Å². The zero-order chi connectivity index (χ0) is 17.0. The lowest BCUT2D eigenvalue weighted by molar-refractivity contribution is -0.385. The van der Waals surface area contributed by atoms with Gasteiger partial charge in [-0.2, -0.15) is 0 Å². The number of nitrogens with zero attached hydrogens (tertiary/aromatic N) is 1. The molecule has 0 atom stereocenters. The van der Waals surface area contributed by atoms with Crippen LogP contribution >= 0.6 is 0 Å². The third-order valence-electron chi connectivity index (χ3n) is 3.24. The Morgan fingerprint density at radius 3 is 2.35 bits per heavy atom. The van der Waals surface area contributed by atoms with Crippen LogP contribution in [0.3, 0.4) is 0 Å². The van der Waals surface area contributed by atoms with Crippen molar-refractivity contribution in [1.29, 1.82) is 0 Å². The quantitative estimate of drug-likeness (QED) is 0.498. The SMILES string of the molecule is COc1ccc(C(=O)c2cccc(CC(=O)O)c2[N+](=O)[O-])cc1. The Balaban J connectivity index is 2.50. The van der Waals surface area contributed by atoms with Crippen molar-refractivity contribution in [1.82, 2.24) is 0 Å².